The van der Waals surface area contributed by atoms with Gasteiger partial charge in [-0.3, -0.25) is 9.59 Å². The van der Waals surface area contributed by atoms with Crippen molar-refractivity contribution in [3.05, 3.63) is 59.9 Å². The van der Waals surface area contributed by atoms with Crippen LogP contribution in [0.25, 0.3) is 0 Å². The van der Waals surface area contributed by atoms with Crippen LogP contribution in [0.3, 0.4) is 0 Å². The highest BCUT2D eigenvalue weighted by Crippen LogP contribution is 2.12. The Bertz CT molecular complexity index is 804. The van der Waals surface area contributed by atoms with Gasteiger partial charge < -0.3 is 19.7 Å². The number of ether oxygens (including phenoxy) is 2. The van der Waals surface area contributed by atoms with E-state index in [1.54, 1.807) is 38.4 Å². The van der Waals surface area contributed by atoms with Gasteiger partial charge in [0.25, 0.3) is 11.8 Å². The van der Waals surface area contributed by atoms with Crippen LogP contribution in [0.4, 0.5) is 10.1 Å². The molecule has 0 atom stereocenters. The number of carbonyl (C=O) groups excluding carboxylic acids is 3. The Hall–Kier alpha value is -3.42. The summed E-state index contributed by atoms with van der Waals surface area (Å²) in [6.07, 6.45) is 0. The van der Waals surface area contributed by atoms with E-state index in [0.717, 1.165) is 0 Å². The Kier molecular flexibility index (Phi) is 6.87. The van der Waals surface area contributed by atoms with Gasteiger partial charge in [-0.25, -0.2) is 9.18 Å². The second-order valence-corrected chi connectivity index (χ2v) is 5.73. The van der Waals surface area contributed by atoms with E-state index in [0.29, 0.717) is 17.0 Å². The molecular weight excluding hydrogens is 355 g/mol. The molecule has 0 saturated heterocycles. The van der Waals surface area contributed by atoms with E-state index >= 15 is 0 Å². The molecule has 27 heavy (non-hydrogen) atoms. The Labute approximate surface area is 155 Å². The number of rotatable bonds is 7. The van der Waals surface area contributed by atoms with Crippen molar-refractivity contribution in [2.45, 2.75) is 0 Å². The lowest BCUT2D eigenvalue weighted by molar-refractivity contribution is -0.149. The van der Waals surface area contributed by atoms with Gasteiger partial charge in [0, 0.05) is 25.3 Å². The molecular formula is C19H19FN2O5. The lowest BCUT2D eigenvalue weighted by atomic mass is 10.2. The summed E-state index contributed by atoms with van der Waals surface area (Å²) >= 11 is 0. The second kappa shape index (κ2) is 9.33. The minimum Gasteiger partial charge on any atom is -0.482 e. The number of hydrogen-bond acceptors (Lipinski definition) is 5. The smallest absolute Gasteiger partial charge is 0.344 e. The highest BCUT2D eigenvalue weighted by molar-refractivity contribution is 5.96. The quantitative estimate of drug-likeness (QED) is 0.750. The summed E-state index contributed by atoms with van der Waals surface area (Å²) in [5.41, 5.74) is 0.955. The fourth-order valence-electron chi connectivity index (χ4n) is 2.01. The number of anilines is 1. The molecule has 0 heterocycles. The van der Waals surface area contributed by atoms with Gasteiger partial charge in [0.2, 0.25) is 0 Å². The number of benzene rings is 2. The third-order valence-corrected chi connectivity index (χ3v) is 3.36. The van der Waals surface area contributed by atoms with Gasteiger partial charge in [0.1, 0.15) is 11.6 Å². The van der Waals surface area contributed by atoms with Crippen LogP contribution in [0, 0.1) is 5.82 Å². The van der Waals surface area contributed by atoms with E-state index in [2.05, 4.69) is 5.32 Å². The highest BCUT2D eigenvalue weighted by Gasteiger charge is 2.11. The number of halogens is 1. The van der Waals surface area contributed by atoms with Gasteiger partial charge >= 0.3 is 5.97 Å². The van der Waals surface area contributed by atoms with Gasteiger partial charge in [-0.05, 0) is 48.5 Å². The van der Waals surface area contributed by atoms with Crippen molar-refractivity contribution in [1.29, 1.82) is 0 Å². The summed E-state index contributed by atoms with van der Waals surface area (Å²) in [5, 5.41) is 2.55. The van der Waals surface area contributed by atoms with E-state index in [4.69, 9.17) is 9.47 Å². The van der Waals surface area contributed by atoms with Crippen LogP contribution < -0.4 is 10.1 Å². The summed E-state index contributed by atoms with van der Waals surface area (Å²) < 4.78 is 22.7. The fraction of sp³-hybridized carbons (Fsp3) is 0.211. The standard InChI is InChI=1S/C19H19FN2O5/c1-22(2)19(25)13-3-7-15(8-4-13)21-17(23)11-27-18(24)12-26-16-9-5-14(20)6-10-16/h3-10H,11-12H2,1-2H3,(H,21,23). The molecule has 2 amide bonds. The lowest BCUT2D eigenvalue weighted by Crippen LogP contribution is -2.24. The van der Waals surface area contributed by atoms with Crippen molar-refractivity contribution in [2.24, 2.45) is 0 Å². The molecule has 0 bridgehead atoms. The zero-order valence-corrected chi connectivity index (χ0v) is 14.9. The number of amides is 2. The zero-order chi connectivity index (χ0) is 19.8. The fourth-order valence-corrected chi connectivity index (χ4v) is 2.01. The number of nitrogens with one attached hydrogen (secondary N) is 1. The minimum atomic E-state index is -0.735. The van der Waals surface area contributed by atoms with Crippen LogP contribution >= 0.6 is 0 Å². The van der Waals surface area contributed by atoms with Crippen molar-refractivity contribution in [2.75, 3.05) is 32.6 Å². The summed E-state index contributed by atoms with van der Waals surface area (Å²) in [6, 6.07) is 11.5. The molecule has 0 aliphatic rings. The first kappa shape index (κ1) is 19.9. The largest absolute Gasteiger partial charge is 0.482 e. The SMILES string of the molecule is CN(C)C(=O)c1ccc(NC(=O)COC(=O)COc2ccc(F)cc2)cc1. The summed E-state index contributed by atoms with van der Waals surface area (Å²) in [5.74, 6) is -1.52. The predicted molar refractivity (Wildman–Crippen MR) is 95.9 cm³/mol. The van der Waals surface area contributed by atoms with Gasteiger partial charge in [0.15, 0.2) is 13.2 Å². The number of nitrogens with zero attached hydrogens (tertiary/aromatic N) is 1. The maximum Gasteiger partial charge on any atom is 0.344 e. The molecule has 1 N–H and O–H groups in total. The van der Waals surface area contributed by atoms with Crippen molar-refractivity contribution in [3.8, 4) is 5.75 Å². The Morgan fingerprint density at radius 2 is 1.59 bits per heavy atom. The molecule has 2 aromatic carbocycles. The Morgan fingerprint density at radius 3 is 2.19 bits per heavy atom. The average molecular weight is 374 g/mol. The van der Waals surface area contributed by atoms with Crippen LogP contribution in [-0.4, -0.2) is 50.0 Å². The van der Waals surface area contributed by atoms with Crippen LogP contribution in [-0.2, 0) is 14.3 Å². The highest BCUT2D eigenvalue weighted by atomic mass is 19.1. The predicted octanol–water partition coefficient (Wildman–Crippen LogP) is 2.09. The van der Waals surface area contributed by atoms with Crippen LogP contribution in [0.1, 0.15) is 10.4 Å². The van der Waals surface area contributed by atoms with Gasteiger partial charge in [-0.15, -0.1) is 0 Å². The number of esters is 1. The Morgan fingerprint density at radius 1 is 0.963 bits per heavy atom. The van der Waals surface area contributed by atoms with E-state index < -0.39 is 30.9 Å². The van der Waals surface area contributed by atoms with E-state index in [-0.39, 0.29) is 5.91 Å². The monoisotopic (exact) mass is 374 g/mol. The van der Waals surface area contributed by atoms with Crippen molar-refractivity contribution in [1.82, 2.24) is 4.90 Å². The Balaban J connectivity index is 1.74. The minimum absolute atomic E-state index is 0.150. The summed E-state index contributed by atoms with van der Waals surface area (Å²) in [6.45, 7) is -0.885. The van der Waals surface area contributed by atoms with E-state index in [9.17, 15) is 18.8 Å². The first-order valence-electron chi connectivity index (χ1n) is 8.00. The first-order chi connectivity index (χ1) is 12.8. The normalized spacial score (nSPS) is 10.0. The summed E-state index contributed by atoms with van der Waals surface area (Å²) in [7, 11) is 3.29. The molecule has 0 unspecified atom stereocenters. The molecule has 2 aromatic rings. The zero-order valence-electron chi connectivity index (χ0n) is 14.9. The molecule has 0 aliphatic heterocycles. The summed E-state index contributed by atoms with van der Waals surface area (Å²) in [4.78, 5) is 36.6. The molecule has 0 aromatic heterocycles. The third-order valence-electron chi connectivity index (χ3n) is 3.36. The second-order valence-electron chi connectivity index (χ2n) is 5.73. The van der Waals surface area contributed by atoms with Crippen LogP contribution in [0.15, 0.2) is 48.5 Å². The molecule has 7 nitrogen and oxygen atoms in total. The molecule has 0 radical (unpaired) electrons. The topological polar surface area (TPSA) is 84.9 Å². The molecule has 2 rings (SSSR count). The van der Waals surface area contributed by atoms with Gasteiger partial charge in [-0.1, -0.05) is 0 Å². The van der Waals surface area contributed by atoms with Crippen molar-refractivity contribution >= 4 is 23.5 Å². The molecule has 142 valence electrons. The molecule has 0 aliphatic carbocycles. The maximum absolute atomic E-state index is 12.8. The van der Waals surface area contributed by atoms with Crippen molar-refractivity contribution < 1.29 is 28.2 Å². The number of hydrogen-bond donors (Lipinski definition) is 1. The first-order valence-corrected chi connectivity index (χ1v) is 8.00. The molecule has 0 saturated carbocycles. The molecule has 0 fully saturated rings. The van der Waals surface area contributed by atoms with Crippen LogP contribution in [0.2, 0.25) is 0 Å². The van der Waals surface area contributed by atoms with E-state index in [1.807, 2.05) is 0 Å². The van der Waals surface area contributed by atoms with Gasteiger partial charge in [0.05, 0.1) is 0 Å². The average Bonchev–Trinajstić information content (AvgIpc) is 2.66. The third kappa shape index (κ3) is 6.43. The van der Waals surface area contributed by atoms with Gasteiger partial charge in [-0.2, -0.15) is 0 Å². The maximum atomic E-state index is 12.8. The number of carbonyl (C=O) groups is 3. The van der Waals surface area contributed by atoms with E-state index in [1.165, 1.54) is 29.2 Å². The molecule has 0 spiro atoms. The van der Waals surface area contributed by atoms with Crippen LogP contribution in [0.5, 0.6) is 5.75 Å². The molecule has 8 heteroatoms. The lowest BCUT2D eigenvalue weighted by Gasteiger charge is -2.11. The van der Waals surface area contributed by atoms with Crippen molar-refractivity contribution in [3.63, 3.8) is 0 Å².